The first kappa shape index (κ1) is 27.0. The van der Waals surface area contributed by atoms with Gasteiger partial charge in [-0.15, -0.1) is 13.2 Å². The van der Waals surface area contributed by atoms with Gasteiger partial charge in [0.15, 0.2) is 0 Å². The van der Waals surface area contributed by atoms with E-state index < -0.39 is 23.7 Å². The van der Waals surface area contributed by atoms with Crippen molar-refractivity contribution in [2.75, 3.05) is 13.1 Å². The molecule has 0 bridgehead atoms. The molecule has 1 aliphatic rings. The summed E-state index contributed by atoms with van der Waals surface area (Å²) in [6.45, 7) is 4.89. The number of hydrogen-bond acceptors (Lipinski definition) is 4. The summed E-state index contributed by atoms with van der Waals surface area (Å²) < 4.78 is 42.2. The van der Waals surface area contributed by atoms with E-state index in [2.05, 4.69) is 36.6 Å². The minimum Gasteiger partial charge on any atom is -0.406 e. The van der Waals surface area contributed by atoms with Gasteiger partial charge in [0.05, 0.1) is 5.41 Å². The molecule has 35 heavy (non-hydrogen) atoms. The Morgan fingerprint density at radius 2 is 1.77 bits per heavy atom. The van der Waals surface area contributed by atoms with Gasteiger partial charge in [-0.2, -0.15) is 0 Å². The van der Waals surface area contributed by atoms with Gasteiger partial charge in [-0.3, -0.25) is 9.59 Å². The van der Waals surface area contributed by atoms with Crippen molar-refractivity contribution in [3.05, 3.63) is 64.1 Å². The number of hydrogen-bond donors (Lipinski definition) is 3. The van der Waals surface area contributed by atoms with E-state index in [4.69, 9.17) is 0 Å². The maximum absolute atomic E-state index is 13.3. The van der Waals surface area contributed by atoms with E-state index in [-0.39, 0.29) is 17.7 Å². The van der Waals surface area contributed by atoms with Crippen LogP contribution < -0.4 is 20.7 Å². The van der Waals surface area contributed by atoms with Gasteiger partial charge in [0, 0.05) is 23.5 Å². The molecule has 0 spiro atoms. The highest BCUT2D eigenvalue weighted by Gasteiger charge is 2.35. The second-order valence-corrected chi connectivity index (χ2v) is 10.0. The van der Waals surface area contributed by atoms with Crippen LogP contribution in [0.3, 0.4) is 0 Å². The van der Waals surface area contributed by atoms with Crippen LogP contribution in [0, 0.1) is 0 Å². The highest BCUT2D eigenvalue weighted by molar-refractivity contribution is 9.10. The van der Waals surface area contributed by atoms with Crippen LogP contribution >= 0.6 is 15.9 Å². The minimum absolute atomic E-state index is 0.0187. The quantitative estimate of drug-likeness (QED) is 0.455. The third kappa shape index (κ3) is 7.96. The monoisotopic (exact) mass is 555 g/mol. The Kier molecular flexibility index (Phi) is 8.82. The van der Waals surface area contributed by atoms with Gasteiger partial charge in [0.25, 0.3) is 0 Å². The molecule has 3 rings (SSSR count). The highest BCUT2D eigenvalue weighted by Crippen LogP contribution is 2.28. The molecular weight excluding hydrogens is 527 g/mol. The van der Waals surface area contributed by atoms with Crippen molar-refractivity contribution in [3.63, 3.8) is 0 Å². The number of carbonyl (C=O) groups excluding carboxylic acids is 2. The Balaban J connectivity index is 1.75. The Bertz CT molecular complexity index is 1010. The zero-order valence-electron chi connectivity index (χ0n) is 19.5. The zero-order valence-corrected chi connectivity index (χ0v) is 21.1. The molecule has 190 valence electrons. The Morgan fingerprint density at radius 3 is 2.34 bits per heavy atom. The molecule has 0 radical (unpaired) electrons. The van der Waals surface area contributed by atoms with Gasteiger partial charge in [-0.1, -0.05) is 40.2 Å². The number of benzene rings is 2. The molecule has 0 saturated carbocycles. The zero-order chi connectivity index (χ0) is 25.6. The predicted octanol–water partition coefficient (Wildman–Crippen LogP) is 4.22. The summed E-state index contributed by atoms with van der Waals surface area (Å²) in [6.07, 6.45) is -2.69. The van der Waals surface area contributed by atoms with Crippen LogP contribution in [0.1, 0.15) is 37.8 Å². The molecule has 0 aliphatic carbocycles. The molecule has 6 nitrogen and oxygen atoms in total. The first-order valence-corrected chi connectivity index (χ1v) is 12.2. The smallest absolute Gasteiger partial charge is 0.406 e. The standard InChI is InChI=1S/C25H29BrF3N3O3/c1-24(2,17-7-11-20(12-8-17)35-25(27,28)29)23(34)32-21(14-16-5-9-18(26)10-6-16)22(33)31-19-4-3-13-30-15-19/h5-12,19,21,30H,3-4,13-15H2,1-2H3,(H,31,33)(H,32,34)/t19-,21+/m1/s1. The van der Waals surface area contributed by atoms with Crippen molar-refractivity contribution < 1.29 is 27.5 Å². The van der Waals surface area contributed by atoms with Crippen molar-refractivity contribution in [2.24, 2.45) is 0 Å². The molecule has 0 unspecified atom stereocenters. The van der Waals surface area contributed by atoms with Gasteiger partial charge in [0.1, 0.15) is 11.8 Å². The number of piperidine rings is 1. The molecule has 10 heteroatoms. The van der Waals surface area contributed by atoms with Crippen LogP contribution in [0.5, 0.6) is 5.75 Å². The van der Waals surface area contributed by atoms with E-state index in [9.17, 15) is 22.8 Å². The summed E-state index contributed by atoms with van der Waals surface area (Å²) >= 11 is 3.39. The summed E-state index contributed by atoms with van der Waals surface area (Å²) in [5.41, 5.74) is 0.257. The Labute approximate surface area is 211 Å². The molecule has 2 amide bonds. The van der Waals surface area contributed by atoms with E-state index in [1.807, 2.05) is 24.3 Å². The fraction of sp³-hybridized carbons (Fsp3) is 0.440. The summed E-state index contributed by atoms with van der Waals surface area (Å²) in [7, 11) is 0. The second kappa shape index (κ2) is 11.4. The number of amides is 2. The van der Waals surface area contributed by atoms with Crippen molar-refractivity contribution in [1.29, 1.82) is 0 Å². The Hall–Kier alpha value is -2.59. The summed E-state index contributed by atoms with van der Waals surface area (Å²) in [6, 6.07) is 11.8. The first-order valence-electron chi connectivity index (χ1n) is 11.4. The molecule has 3 N–H and O–H groups in total. The summed E-state index contributed by atoms with van der Waals surface area (Å²) in [4.78, 5) is 26.5. The molecule has 2 aromatic carbocycles. The van der Waals surface area contributed by atoms with Crippen molar-refractivity contribution in [3.8, 4) is 5.75 Å². The minimum atomic E-state index is -4.80. The first-order chi connectivity index (χ1) is 16.4. The fourth-order valence-electron chi connectivity index (χ4n) is 3.89. The molecular formula is C25H29BrF3N3O3. The molecule has 2 aromatic rings. The largest absolute Gasteiger partial charge is 0.573 e. The van der Waals surface area contributed by atoms with Gasteiger partial charge in [-0.05, 0) is 68.6 Å². The summed E-state index contributed by atoms with van der Waals surface area (Å²) in [5, 5.41) is 9.15. The second-order valence-electron chi connectivity index (χ2n) is 9.11. The lowest BCUT2D eigenvalue weighted by Gasteiger charge is -2.30. The van der Waals surface area contributed by atoms with Gasteiger partial charge in [-0.25, -0.2) is 0 Å². The lowest BCUT2D eigenvalue weighted by atomic mass is 9.83. The van der Waals surface area contributed by atoms with E-state index >= 15 is 0 Å². The van der Waals surface area contributed by atoms with Crippen LogP contribution in [-0.4, -0.2) is 43.3 Å². The van der Waals surface area contributed by atoms with Crippen molar-refractivity contribution in [2.45, 2.75) is 57.0 Å². The average molecular weight is 556 g/mol. The fourth-order valence-corrected chi connectivity index (χ4v) is 4.15. The molecule has 0 aromatic heterocycles. The average Bonchev–Trinajstić information content (AvgIpc) is 2.80. The van der Waals surface area contributed by atoms with Gasteiger partial charge < -0.3 is 20.7 Å². The topological polar surface area (TPSA) is 79.5 Å². The molecule has 2 atom stereocenters. The lowest BCUT2D eigenvalue weighted by molar-refractivity contribution is -0.274. The van der Waals surface area contributed by atoms with Crippen LogP contribution in [0.15, 0.2) is 53.0 Å². The maximum atomic E-state index is 13.3. The third-order valence-corrected chi connectivity index (χ3v) is 6.52. The molecule has 1 heterocycles. The normalized spacial score (nSPS) is 17.4. The SMILES string of the molecule is CC(C)(C(=O)N[C@@H](Cc1ccc(Br)cc1)C(=O)N[C@@H]1CCCNC1)c1ccc(OC(F)(F)F)cc1. The highest BCUT2D eigenvalue weighted by atomic mass is 79.9. The number of nitrogens with one attached hydrogen (secondary N) is 3. The number of ether oxygens (including phenoxy) is 1. The van der Waals surface area contributed by atoms with Crippen molar-refractivity contribution >= 4 is 27.7 Å². The molecule has 1 saturated heterocycles. The maximum Gasteiger partial charge on any atom is 0.573 e. The molecule has 1 aliphatic heterocycles. The summed E-state index contributed by atoms with van der Waals surface area (Å²) in [5.74, 6) is -1.06. The predicted molar refractivity (Wildman–Crippen MR) is 130 cm³/mol. The number of rotatable bonds is 8. The number of carbonyl (C=O) groups is 2. The van der Waals surface area contributed by atoms with E-state index in [0.29, 0.717) is 18.5 Å². The Morgan fingerprint density at radius 1 is 1.11 bits per heavy atom. The van der Waals surface area contributed by atoms with Gasteiger partial charge in [0.2, 0.25) is 11.8 Å². The van der Waals surface area contributed by atoms with Crippen LogP contribution in [0.4, 0.5) is 13.2 Å². The number of alkyl halides is 3. The van der Waals surface area contributed by atoms with Crippen molar-refractivity contribution in [1.82, 2.24) is 16.0 Å². The number of halogens is 4. The third-order valence-electron chi connectivity index (χ3n) is 6.00. The van der Waals surface area contributed by atoms with E-state index in [0.717, 1.165) is 29.4 Å². The molecule has 1 fully saturated rings. The lowest BCUT2D eigenvalue weighted by Crippen LogP contribution is -2.56. The van der Waals surface area contributed by atoms with Crippen LogP contribution in [0.25, 0.3) is 0 Å². The van der Waals surface area contributed by atoms with E-state index in [1.165, 1.54) is 24.3 Å². The van der Waals surface area contributed by atoms with Crippen LogP contribution in [-0.2, 0) is 21.4 Å². The van der Waals surface area contributed by atoms with Gasteiger partial charge >= 0.3 is 6.36 Å². The van der Waals surface area contributed by atoms with Crippen LogP contribution in [0.2, 0.25) is 0 Å². The van der Waals surface area contributed by atoms with E-state index in [1.54, 1.807) is 13.8 Å².